The molecule has 1 aliphatic rings. The lowest BCUT2D eigenvalue weighted by molar-refractivity contribution is 0.0804. The van der Waals surface area contributed by atoms with Crippen molar-refractivity contribution >= 4 is 23.0 Å². The molecule has 0 saturated carbocycles. The van der Waals surface area contributed by atoms with Gasteiger partial charge in [0.2, 0.25) is 0 Å². The number of benzene rings is 2. The van der Waals surface area contributed by atoms with Crippen LogP contribution in [0.15, 0.2) is 130 Å². The average Bonchev–Trinajstić information content (AvgIpc) is 3.05. The van der Waals surface area contributed by atoms with Gasteiger partial charge in [0.25, 0.3) is 5.91 Å². The first kappa shape index (κ1) is 37.7. The van der Waals surface area contributed by atoms with Crippen molar-refractivity contribution in [3.05, 3.63) is 142 Å². The summed E-state index contributed by atoms with van der Waals surface area (Å²) in [5.41, 5.74) is 12.9. The minimum absolute atomic E-state index is 0.00192. The number of carbonyl (C=O) groups is 1. The summed E-state index contributed by atoms with van der Waals surface area (Å²) in [5, 5.41) is 3.43. The van der Waals surface area contributed by atoms with E-state index in [1.54, 1.807) is 0 Å². The van der Waals surface area contributed by atoms with Gasteiger partial charge >= 0.3 is 0 Å². The van der Waals surface area contributed by atoms with E-state index >= 15 is 0 Å². The second kappa shape index (κ2) is 17.9. The largest absolute Gasteiger partial charge is 0.356 e. The zero-order chi connectivity index (χ0) is 34.6. The van der Waals surface area contributed by atoms with Gasteiger partial charge in [-0.05, 0) is 100 Å². The van der Waals surface area contributed by atoms with Gasteiger partial charge < -0.3 is 10.2 Å². The summed E-state index contributed by atoms with van der Waals surface area (Å²) in [6, 6.07) is 15.8. The summed E-state index contributed by atoms with van der Waals surface area (Å²) < 4.78 is 0. The van der Waals surface area contributed by atoms with Gasteiger partial charge in [0.1, 0.15) is 0 Å². The van der Waals surface area contributed by atoms with E-state index < -0.39 is 0 Å². The summed E-state index contributed by atoms with van der Waals surface area (Å²) in [7, 11) is 1.88. The van der Waals surface area contributed by atoms with Crippen molar-refractivity contribution in [1.29, 1.82) is 0 Å². The molecule has 4 heteroatoms. The van der Waals surface area contributed by atoms with Crippen LogP contribution in [0.25, 0.3) is 5.70 Å². The molecule has 244 valence electrons. The maximum absolute atomic E-state index is 13.3. The van der Waals surface area contributed by atoms with Gasteiger partial charge in [-0.1, -0.05) is 101 Å². The van der Waals surface area contributed by atoms with Crippen LogP contribution in [0, 0.1) is 12.8 Å². The van der Waals surface area contributed by atoms with E-state index in [1.165, 1.54) is 16.7 Å². The number of allylic oxidation sites excluding steroid dienone is 9. The number of likely N-dealkylation sites (N-methyl/N-ethyl adjacent to an activating group) is 1. The third kappa shape index (κ3) is 10.0. The average molecular weight is 618 g/mol. The molecule has 0 aliphatic heterocycles. The van der Waals surface area contributed by atoms with Gasteiger partial charge in [-0.3, -0.25) is 4.79 Å². The lowest BCUT2D eigenvalue weighted by Gasteiger charge is -2.23. The lowest BCUT2D eigenvalue weighted by Crippen LogP contribution is -2.30. The molecule has 2 aromatic rings. The van der Waals surface area contributed by atoms with Crippen LogP contribution >= 0.6 is 0 Å². The highest BCUT2D eigenvalue weighted by atomic mass is 16.2. The van der Waals surface area contributed by atoms with Crippen molar-refractivity contribution in [3.8, 4) is 0 Å². The van der Waals surface area contributed by atoms with Gasteiger partial charge in [0.05, 0.1) is 11.4 Å². The molecule has 3 rings (SSSR count). The quantitative estimate of drug-likeness (QED) is 0.255. The lowest BCUT2D eigenvalue weighted by atomic mass is 9.93. The molecule has 1 atom stereocenters. The highest BCUT2D eigenvalue weighted by Gasteiger charge is 2.18. The molecular formula is C42H55N3O. The van der Waals surface area contributed by atoms with Crippen molar-refractivity contribution < 1.29 is 4.79 Å². The number of nitrogens with one attached hydrogen (secondary N) is 1. The first-order chi connectivity index (χ1) is 21.8. The molecule has 1 N–H and O–H groups in total. The second-order valence-corrected chi connectivity index (χ2v) is 12.0. The number of hydrogen-bond acceptors (Lipinski definition) is 3. The van der Waals surface area contributed by atoms with Crippen molar-refractivity contribution in [1.82, 2.24) is 4.90 Å². The van der Waals surface area contributed by atoms with Crippen LogP contribution < -0.4 is 5.32 Å². The standard InChI is InChI=1S/C40H49N3O.C2H6/c1-12-27(4)35(24-30(7)26(2)3)25-43(11)40(44)34-20-22-36(23-21-34)41-32(9)31(8)38-19-15-17-29(6)39(38)42-33(10)37-18-14-13-16-28(37)5;1-2/h13-24,27,41H,9-10,12,25H2,1-8,11H3;1-2H3/b35-24-,38-31+,42-39?;. The van der Waals surface area contributed by atoms with Gasteiger partial charge in [-0.25, -0.2) is 4.99 Å². The minimum atomic E-state index is 0.00192. The number of aliphatic imine (C=N–C) groups is 1. The highest BCUT2D eigenvalue weighted by molar-refractivity contribution is 6.17. The smallest absolute Gasteiger partial charge is 0.253 e. The van der Waals surface area contributed by atoms with Gasteiger partial charge in [-0.15, -0.1) is 0 Å². The Morgan fingerprint density at radius 1 is 1.00 bits per heavy atom. The van der Waals surface area contributed by atoms with Crippen LogP contribution in [0.1, 0.15) is 90.2 Å². The predicted molar refractivity (Wildman–Crippen MR) is 202 cm³/mol. The summed E-state index contributed by atoms with van der Waals surface area (Å²) in [6.07, 6.45) is 9.45. The van der Waals surface area contributed by atoms with E-state index in [0.717, 1.165) is 57.1 Å². The molecule has 0 fully saturated rings. The fourth-order valence-electron chi connectivity index (χ4n) is 4.92. The van der Waals surface area contributed by atoms with Crippen LogP contribution in [0.2, 0.25) is 0 Å². The van der Waals surface area contributed by atoms with Crippen LogP contribution in [0.5, 0.6) is 0 Å². The molecule has 2 aromatic carbocycles. The van der Waals surface area contributed by atoms with E-state index in [-0.39, 0.29) is 5.91 Å². The van der Waals surface area contributed by atoms with Crippen LogP contribution in [-0.2, 0) is 0 Å². The first-order valence-electron chi connectivity index (χ1n) is 16.4. The molecule has 1 amide bonds. The maximum atomic E-state index is 13.3. The Balaban J connectivity index is 0.00000361. The molecule has 0 aromatic heterocycles. The Morgan fingerprint density at radius 3 is 2.22 bits per heavy atom. The number of hydrogen-bond donors (Lipinski definition) is 1. The summed E-state index contributed by atoms with van der Waals surface area (Å²) in [6.45, 7) is 30.2. The molecular weight excluding hydrogens is 562 g/mol. The second-order valence-electron chi connectivity index (χ2n) is 12.0. The normalized spacial score (nSPS) is 15.2. The Bertz CT molecular complexity index is 1600. The first-order valence-corrected chi connectivity index (χ1v) is 16.4. The summed E-state index contributed by atoms with van der Waals surface area (Å²) in [5.74, 6) is 0.404. The molecule has 4 nitrogen and oxygen atoms in total. The number of anilines is 1. The minimum Gasteiger partial charge on any atom is -0.356 e. The Kier molecular flexibility index (Phi) is 14.7. The van der Waals surface area contributed by atoms with Crippen molar-refractivity contribution in [2.45, 2.75) is 75.7 Å². The molecule has 1 unspecified atom stereocenters. The SMILES string of the molecule is C=C(Nc1ccc(C(=O)N(C)C/C(=C/C(C)=C(C)C)C(C)CC)cc1)/C(C)=C1\C=CC=C(C)C1=NC(=C)c1ccccc1C.CC. The summed E-state index contributed by atoms with van der Waals surface area (Å²) >= 11 is 0. The van der Waals surface area contributed by atoms with Gasteiger partial charge in [0.15, 0.2) is 0 Å². The van der Waals surface area contributed by atoms with E-state index in [1.807, 2.05) is 75.2 Å². The number of aryl methyl sites for hydroxylation is 1. The van der Waals surface area contributed by atoms with E-state index in [0.29, 0.717) is 18.0 Å². The number of amides is 1. The van der Waals surface area contributed by atoms with Gasteiger partial charge in [0, 0.05) is 41.7 Å². The third-order valence-electron chi connectivity index (χ3n) is 8.43. The van der Waals surface area contributed by atoms with Crippen LogP contribution in [-0.4, -0.2) is 30.1 Å². The number of carbonyl (C=O) groups excluding carboxylic acids is 1. The fourth-order valence-corrected chi connectivity index (χ4v) is 4.92. The highest BCUT2D eigenvalue weighted by Crippen LogP contribution is 2.27. The predicted octanol–water partition coefficient (Wildman–Crippen LogP) is 11.3. The Labute approximate surface area is 279 Å². The molecule has 0 spiro atoms. The van der Waals surface area contributed by atoms with E-state index in [9.17, 15) is 4.79 Å². The molecule has 46 heavy (non-hydrogen) atoms. The molecule has 0 radical (unpaired) electrons. The number of rotatable bonds is 11. The maximum Gasteiger partial charge on any atom is 0.253 e. The van der Waals surface area contributed by atoms with Crippen LogP contribution in [0.3, 0.4) is 0 Å². The van der Waals surface area contributed by atoms with Gasteiger partial charge in [-0.2, -0.15) is 0 Å². The van der Waals surface area contributed by atoms with Crippen molar-refractivity contribution in [3.63, 3.8) is 0 Å². The molecule has 0 heterocycles. The number of nitrogens with zero attached hydrogens (tertiary/aromatic N) is 2. The molecule has 0 saturated heterocycles. The Morgan fingerprint density at radius 2 is 1.63 bits per heavy atom. The molecule has 0 bridgehead atoms. The van der Waals surface area contributed by atoms with Crippen molar-refractivity contribution in [2.24, 2.45) is 10.9 Å². The summed E-state index contributed by atoms with van der Waals surface area (Å²) in [4.78, 5) is 20.1. The van der Waals surface area contributed by atoms with Crippen molar-refractivity contribution in [2.75, 3.05) is 18.9 Å². The topological polar surface area (TPSA) is 44.7 Å². The van der Waals surface area contributed by atoms with Crippen LogP contribution in [0.4, 0.5) is 5.69 Å². The Hall–Kier alpha value is -4.44. The van der Waals surface area contributed by atoms with E-state index in [2.05, 4.69) is 97.3 Å². The zero-order valence-corrected chi connectivity index (χ0v) is 30.1. The third-order valence-corrected chi connectivity index (χ3v) is 8.43. The zero-order valence-electron chi connectivity index (χ0n) is 30.1. The molecule has 1 aliphatic carbocycles. The monoisotopic (exact) mass is 617 g/mol. The fraction of sp³-hybridized carbons (Fsp3) is 0.333. The van der Waals surface area contributed by atoms with E-state index in [4.69, 9.17) is 4.99 Å².